The number of nitrogens with zero attached hydrogens (tertiary/aromatic N) is 1. The van der Waals surface area contributed by atoms with Crippen LogP contribution in [0.3, 0.4) is 0 Å². The third-order valence-corrected chi connectivity index (χ3v) is 8.79. The van der Waals surface area contributed by atoms with E-state index in [1.54, 1.807) is 24.3 Å². The fourth-order valence-electron chi connectivity index (χ4n) is 4.06. The average Bonchev–Trinajstić information content (AvgIpc) is 2.89. The first-order chi connectivity index (χ1) is 18.7. The van der Waals surface area contributed by atoms with Gasteiger partial charge < -0.3 is 20.5 Å². The topological polar surface area (TPSA) is 156 Å². The van der Waals surface area contributed by atoms with E-state index in [9.17, 15) is 26.7 Å². The molecule has 0 saturated carbocycles. The Morgan fingerprint density at radius 1 is 1.00 bits per heavy atom. The highest BCUT2D eigenvalue weighted by Crippen LogP contribution is 2.17. The van der Waals surface area contributed by atoms with E-state index in [1.807, 2.05) is 44.2 Å². The van der Waals surface area contributed by atoms with Crippen LogP contribution in [0.15, 0.2) is 54.6 Å². The first-order valence-electron chi connectivity index (χ1n) is 13.3. The molecule has 0 radical (unpaired) electrons. The summed E-state index contributed by atoms with van der Waals surface area (Å²) in [6, 6.07) is 14.3. The van der Waals surface area contributed by atoms with Gasteiger partial charge in [0.1, 0.15) is 21.6 Å². The summed E-state index contributed by atoms with van der Waals surface area (Å²) in [4.78, 5) is 15.2. The minimum atomic E-state index is -3.89. The van der Waals surface area contributed by atoms with Crippen molar-refractivity contribution in [2.75, 3.05) is 31.4 Å². The van der Waals surface area contributed by atoms with E-state index in [2.05, 4.69) is 4.72 Å². The molecule has 12 heteroatoms. The van der Waals surface area contributed by atoms with Gasteiger partial charge in [-0.05, 0) is 48.4 Å². The maximum atomic E-state index is 13.9. The van der Waals surface area contributed by atoms with Crippen molar-refractivity contribution in [2.24, 2.45) is 11.7 Å². The summed E-state index contributed by atoms with van der Waals surface area (Å²) in [7, 11) is -5.87. The highest BCUT2D eigenvalue weighted by atomic mass is 32.2. The molecule has 0 aliphatic carbocycles. The number of carbonyl (C=O) groups is 1. The van der Waals surface area contributed by atoms with Gasteiger partial charge in [0.2, 0.25) is 15.9 Å². The Balaban J connectivity index is 2.36. The van der Waals surface area contributed by atoms with Gasteiger partial charge in [-0.2, -0.15) is 0 Å². The number of ether oxygens (including phenoxy) is 1. The largest absolute Gasteiger partial charge is 0.497 e. The monoisotopic (exact) mass is 597 g/mol. The van der Waals surface area contributed by atoms with Crippen LogP contribution >= 0.6 is 0 Å². The van der Waals surface area contributed by atoms with Crippen LogP contribution in [0.25, 0.3) is 0 Å². The molecule has 4 N–H and O–H groups in total. The van der Waals surface area contributed by atoms with E-state index in [4.69, 9.17) is 10.5 Å². The van der Waals surface area contributed by atoms with Crippen LogP contribution < -0.4 is 15.2 Å². The van der Waals surface area contributed by atoms with Gasteiger partial charge in [0.25, 0.3) is 0 Å². The van der Waals surface area contributed by atoms with Crippen molar-refractivity contribution in [1.82, 2.24) is 9.62 Å². The smallest absolute Gasteiger partial charge is 0.241 e. The number of nitrogens with two attached hydrogens (primary N) is 1. The summed E-state index contributed by atoms with van der Waals surface area (Å²) in [5, 5.41) is 11.0. The molecular formula is C28H43N3O7S2. The maximum absolute atomic E-state index is 13.9. The lowest BCUT2D eigenvalue weighted by atomic mass is 10.0. The number of nitrogens with one attached hydrogen (secondary N) is 1. The normalized spacial score (nSPS) is 14.5. The molecule has 40 heavy (non-hydrogen) atoms. The zero-order chi connectivity index (χ0) is 29.9. The van der Waals surface area contributed by atoms with Crippen LogP contribution in [0, 0.1) is 5.92 Å². The van der Waals surface area contributed by atoms with Crippen molar-refractivity contribution in [1.29, 1.82) is 0 Å². The molecule has 0 aromatic heterocycles. The number of rotatable bonds is 17. The average molecular weight is 598 g/mol. The highest BCUT2D eigenvalue weighted by Gasteiger charge is 2.31. The SMILES string of the molecule is COc1cccc(CN(C[C@@H](O)[C@@H](N)Cc2ccccc2)C(=O)[C@H](CCS(C)(=O)=O)NS(=O)(=O)CCC(C)C)c1. The summed E-state index contributed by atoms with van der Waals surface area (Å²) in [5.41, 5.74) is 7.90. The Labute approximate surface area is 238 Å². The number of benzene rings is 2. The molecule has 0 aliphatic rings. The number of aliphatic hydroxyl groups is 1. The molecule has 2 aromatic carbocycles. The minimum absolute atomic E-state index is 0.0221. The van der Waals surface area contributed by atoms with Crippen LogP contribution in [0.2, 0.25) is 0 Å². The van der Waals surface area contributed by atoms with Crippen molar-refractivity contribution in [2.45, 2.75) is 57.8 Å². The molecule has 1 amide bonds. The number of aliphatic hydroxyl groups excluding tert-OH is 1. The number of hydrogen-bond acceptors (Lipinski definition) is 8. The lowest BCUT2D eigenvalue weighted by molar-refractivity contribution is -0.135. The summed E-state index contributed by atoms with van der Waals surface area (Å²) >= 11 is 0. The van der Waals surface area contributed by atoms with E-state index in [1.165, 1.54) is 12.0 Å². The molecule has 0 fully saturated rings. The van der Waals surface area contributed by atoms with E-state index in [0.717, 1.165) is 11.8 Å². The fourth-order valence-corrected chi connectivity index (χ4v) is 6.27. The number of methoxy groups -OCH3 is 1. The van der Waals surface area contributed by atoms with Gasteiger partial charge in [-0.25, -0.2) is 21.6 Å². The molecule has 0 spiro atoms. The molecule has 0 saturated heterocycles. The van der Waals surface area contributed by atoms with Gasteiger partial charge in [-0.1, -0.05) is 56.3 Å². The highest BCUT2D eigenvalue weighted by molar-refractivity contribution is 7.90. The van der Waals surface area contributed by atoms with Gasteiger partial charge >= 0.3 is 0 Å². The first-order valence-corrected chi connectivity index (χ1v) is 17.0. The van der Waals surface area contributed by atoms with E-state index in [0.29, 0.717) is 24.2 Å². The Morgan fingerprint density at radius 2 is 1.65 bits per heavy atom. The van der Waals surface area contributed by atoms with Crippen molar-refractivity contribution in [3.8, 4) is 5.75 Å². The summed E-state index contributed by atoms with van der Waals surface area (Å²) in [6.07, 6.45) is 0.385. The van der Waals surface area contributed by atoms with Crippen molar-refractivity contribution in [3.63, 3.8) is 0 Å². The predicted octanol–water partition coefficient (Wildman–Crippen LogP) is 1.72. The van der Waals surface area contributed by atoms with Crippen LogP contribution in [0.1, 0.15) is 37.8 Å². The molecule has 0 aliphatic heterocycles. The number of sulfone groups is 1. The summed E-state index contributed by atoms with van der Waals surface area (Å²) < 4.78 is 57.3. The third kappa shape index (κ3) is 12.3. The van der Waals surface area contributed by atoms with E-state index >= 15 is 0 Å². The zero-order valence-corrected chi connectivity index (χ0v) is 25.3. The van der Waals surface area contributed by atoms with Gasteiger partial charge in [-0.3, -0.25) is 4.79 Å². The summed E-state index contributed by atoms with van der Waals surface area (Å²) in [5.74, 6) is -0.556. The number of carbonyl (C=O) groups excluding carboxylic acids is 1. The predicted molar refractivity (Wildman–Crippen MR) is 157 cm³/mol. The first kappa shape index (κ1) is 33.7. The molecule has 2 rings (SSSR count). The fraction of sp³-hybridized carbons (Fsp3) is 0.536. The molecule has 3 atom stereocenters. The molecule has 0 unspecified atom stereocenters. The quantitative estimate of drug-likeness (QED) is 0.249. The van der Waals surface area contributed by atoms with Gasteiger partial charge in [0.05, 0.1) is 24.7 Å². The molecule has 0 heterocycles. The van der Waals surface area contributed by atoms with Crippen LogP contribution in [-0.2, 0) is 37.6 Å². The molecule has 224 valence electrons. The van der Waals surface area contributed by atoms with Crippen LogP contribution in [0.4, 0.5) is 0 Å². The van der Waals surface area contributed by atoms with E-state index in [-0.39, 0.29) is 36.9 Å². The molecular weight excluding hydrogens is 554 g/mol. The Bertz CT molecular complexity index is 1290. The van der Waals surface area contributed by atoms with Crippen molar-refractivity contribution in [3.05, 3.63) is 65.7 Å². The van der Waals surface area contributed by atoms with Gasteiger partial charge in [0.15, 0.2) is 0 Å². The lowest BCUT2D eigenvalue weighted by Gasteiger charge is -2.31. The second-order valence-corrected chi connectivity index (χ2v) is 14.7. The minimum Gasteiger partial charge on any atom is -0.497 e. The second-order valence-electron chi connectivity index (χ2n) is 10.6. The standard InChI is InChI=1S/C28H43N3O7S2/c1-21(2)13-16-40(36,37)30-26(14-15-39(4,34)35)28(33)31(19-23-11-8-12-24(17-23)38-3)20-27(32)25(29)18-22-9-6-5-7-10-22/h5-12,17,21,25-27,30,32H,13-16,18-20,29H2,1-4H3/t25-,26-,27+/m0/s1. The van der Waals surface area contributed by atoms with Gasteiger partial charge in [0, 0.05) is 25.4 Å². The second kappa shape index (κ2) is 15.5. The Kier molecular flexibility index (Phi) is 13.0. The van der Waals surface area contributed by atoms with Crippen molar-refractivity contribution < 1.29 is 31.5 Å². The molecule has 0 bridgehead atoms. The number of amides is 1. The number of sulfonamides is 1. The Morgan fingerprint density at radius 3 is 2.25 bits per heavy atom. The third-order valence-electron chi connectivity index (χ3n) is 6.40. The maximum Gasteiger partial charge on any atom is 0.241 e. The number of hydrogen-bond donors (Lipinski definition) is 3. The van der Waals surface area contributed by atoms with Gasteiger partial charge in [-0.15, -0.1) is 0 Å². The van der Waals surface area contributed by atoms with Crippen molar-refractivity contribution >= 4 is 25.8 Å². The van der Waals surface area contributed by atoms with E-state index < -0.39 is 44.0 Å². The lowest BCUT2D eigenvalue weighted by Crippen LogP contribution is -2.53. The van der Waals surface area contributed by atoms with Crippen LogP contribution in [-0.4, -0.2) is 82.4 Å². The zero-order valence-electron chi connectivity index (χ0n) is 23.7. The summed E-state index contributed by atoms with van der Waals surface area (Å²) in [6.45, 7) is 3.61. The molecule has 10 nitrogen and oxygen atoms in total. The molecule has 2 aromatic rings. The van der Waals surface area contributed by atoms with Crippen LogP contribution in [0.5, 0.6) is 5.75 Å². The Hall–Kier alpha value is -2.51.